The lowest BCUT2D eigenvalue weighted by molar-refractivity contribution is -0.145. The van der Waals surface area contributed by atoms with Crippen LogP contribution in [0.5, 0.6) is 0 Å². The van der Waals surface area contributed by atoms with Gasteiger partial charge in [0.2, 0.25) is 0 Å². The third-order valence-corrected chi connectivity index (χ3v) is 4.38. The predicted molar refractivity (Wildman–Crippen MR) is 76.5 cm³/mol. The van der Waals surface area contributed by atoms with Crippen molar-refractivity contribution in [3.63, 3.8) is 0 Å². The summed E-state index contributed by atoms with van der Waals surface area (Å²) in [5, 5.41) is 0. The lowest BCUT2D eigenvalue weighted by Gasteiger charge is -2.14. The highest BCUT2D eigenvalue weighted by atomic mass is 16.6. The van der Waals surface area contributed by atoms with Gasteiger partial charge in [-0.15, -0.1) is 0 Å². The zero-order valence-electron chi connectivity index (χ0n) is 13.0. The fourth-order valence-electron chi connectivity index (χ4n) is 2.60. The van der Waals surface area contributed by atoms with E-state index in [4.69, 9.17) is 14.2 Å². The van der Waals surface area contributed by atoms with Crippen molar-refractivity contribution in [2.45, 2.75) is 83.7 Å². The first-order valence-corrected chi connectivity index (χ1v) is 8.10. The molecule has 5 unspecified atom stereocenters. The van der Waals surface area contributed by atoms with Gasteiger partial charge in [0.25, 0.3) is 0 Å². The monoisotopic (exact) mass is 284 g/mol. The molecule has 116 valence electrons. The van der Waals surface area contributed by atoms with Crippen molar-refractivity contribution >= 4 is 5.97 Å². The summed E-state index contributed by atoms with van der Waals surface area (Å²) in [6.07, 6.45) is 6.95. The first kappa shape index (κ1) is 15.8. The van der Waals surface area contributed by atoms with Crippen LogP contribution in [0.25, 0.3) is 0 Å². The van der Waals surface area contributed by atoms with Gasteiger partial charge in [0, 0.05) is 6.42 Å². The van der Waals surface area contributed by atoms with Gasteiger partial charge < -0.3 is 14.2 Å². The van der Waals surface area contributed by atoms with Crippen LogP contribution in [0, 0.1) is 5.92 Å². The summed E-state index contributed by atoms with van der Waals surface area (Å²) in [4.78, 5) is 11.8. The molecule has 2 fully saturated rings. The van der Waals surface area contributed by atoms with E-state index in [1.54, 1.807) is 0 Å². The second-order valence-electron chi connectivity index (χ2n) is 6.13. The van der Waals surface area contributed by atoms with Crippen LogP contribution in [0.4, 0.5) is 0 Å². The van der Waals surface area contributed by atoms with E-state index in [9.17, 15) is 4.79 Å². The van der Waals surface area contributed by atoms with E-state index in [2.05, 4.69) is 20.8 Å². The number of carbonyl (C=O) groups excluding carboxylic acids is 1. The van der Waals surface area contributed by atoms with Gasteiger partial charge in [-0.05, 0) is 19.3 Å². The zero-order chi connectivity index (χ0) is 14.5. The molecule has 0 aromatic heterocycles. The lowest BCUT2D eigenvalue weighted by Crippen LogP contribution is -2.16. The van der Waals surface area contributed by atoms with Crippen molar-refractivity contribution in [1.82, 2.24) is 0 Å². The largest absolute Gasteiger partial charge is 0.465 e. The Balaban J connectivity index is 1.54. The molecule has 4 nitrogen and oxygen atoms in total. The Hall–Kier alpha value is -0.610. The summed E-state index contributed by atoms with van der Waals surface area (Å²) >= 11 is 0. The number of hydrogen-bond donors (Lipinski definition) is 0. The van der Waals surface area contributed by atoms with Gasteiger partial charge in [-0.3, -0.25) is 4.79 Å². The third kappa shape index (κ3) is 5.06. The maximum atomic E-state index is 11.8. The second kappa shape index (κ2) is 7.41. The van der Waals surface area contributed by atoms with Crippen molar-refractivity contribution in [2.75, 3.05) is 6.61 Å². The molecule has 20 heavy (non-hydrogen) atoms. The van der Waals surface area contributed by atoms with Gasteiger partial charge in [-0.1, -0.05) is 33.1 Å². The quantitative estimate of drug-likeness (QED) is 0.457. The normalized spacial score (nSPS) is 32.8. The Morgan fingerprint density at radius 2 is 1.95 bits per heavy atom. The minimum Gasteiger partial charge on any atom is -0.465 e. The minimum atomic E-state index is -0.114. The summed E-state index contributed by atoms with van der Waals surface area (Å²) in [5.41, 5.74) is 0. The molecule has 2 rings (SSSR count). The molecule has 2 saturated heterocycles. The third-order valence-electron chi connectivity index (χ3n) is 4.38. The highest BCUT2D eigenvalue weighted by Gasteiger charge is 2.47. The van der Waals surface area contributed by atoms with Crippen molar-refractivity contribution in [3.8, 4) is 0 Å². The molecule has 0 aromatic rings. The second-order valence-corrected chi connectivity index (χ2v) is 6.13. The summed E-state index contributed by atoms with van der Waals surface area (Å²) in [6.45, 7) is 6.98. The van der Waals surface area contributed by atoms with Crippen LogP contribution in [-0.4, -0.2) is 37.0 Å². The van der Waals surface area contributed by atoms with Crippen LogP contribution in [-0.2, 0) is 19.0 Å². The molecule has 2 aliphatic rings. The number of esters is 1. The Bertz CT molecular complexity index is 318. The zero-order valence-corrected chi connectivity index (χ0v) is 13.0. The average Bonchev–Trinajstić information content (AvgIpc) is 3.32. The first-order valence-electron chi connectivity index (χ1n) is 8.10. The van der Waals surface area contributed by atoms with Gasteiger partial charge in [0.15, 0.2) is 0 Å². The molecule has 5 atom stereocenters. The van der Waals surface area contributed by atoms with E-state index in [0.717, 1.165) is 19.3 Å². The lowest BCUT2D eigenvalue weighted by atomic mass is 10.0. The van der Waals surface area contributed by atoms with Gasteiger partial charge in [0.05, 0.1) is 37.4 Å². The Morgan fingerprint density at radius 1 is 1.20 bits per heavy atom. The molecular weight excluding hydrogens is 256 g/mol. The Labute approximate surface area is 122 Å². The molecule has 0 radical (unpaired) electrons. The molecule has 0 aliphatic carbocycles. The molecular formula is C16H28O4. The fraction of sp³-hybridized carbons (Fsp3) is 0.938. The van der Waals surface area contributed by atoms with Crippen LogP contribution in [0.2, 0.25) is 0 Å². The van der Waals surface area contributed by atoms with Gasteiger partial charge in [-0.25, -0.2) is 0 Å². The highest BCUT2D eigenvalue weighted by Crippen LogP contribution is 2.36. The topological polar surface area (TPSA) is 51.4 Å². The SMILES string of the molecule is CCCCC(CC)COC(=O)CC1OC1CC1OC1C. The minimum absolute atomic E-state index is 0.0645. The number of ether oxygens (including phenoxy) is 3. The predicted octanol–water partition coefficient (Wildman–Crippen LogP) is 3.08. The number of carbonyl (C=O) groups is 1. The summed E-state index contributed by atoms with van der Waals surface area (Å²) in [7, 11) is 0. The molecule has 4 heteroatoms. The van der Waals surface area contributed by atoms with Gasteiger partial charge in [-0.2, -0.15) is 0 Å². The summed E-state index contributed by atoms with van der Waals surface area (Å²) in [5.74, 6) is 0.396. The van der Waals surface area contributed by atoms with Crippen molar-refractivity contribution in [1.29, 1.82) is 0 Å². The van der Waals surface area contributed by atoms with E-state index in [1.807, 2.05) is 0 Å². The number of rotatable bonds is 10. The molecule has 0 bridgehead atoms. The Kier molecular flexibility index (Phi) is 5.85. The van der Waals surface area contributed by atoms with Crippen LogP contribution in [0.1, 0.15) is 59.3 Å². The Morgan fingerprint density at radius 3 is 2.55 bits per heavy atom. The van der Waals surface area contributed by atoms with E-state index in [1.165, 1.54) is 12.8 Å². The van der Waals surface area contributed by atoms with E-state index in [0.29, 0.717) is 31.2 Å². The number of epoxide rings is 2. The van der Waals surface area contributed by atoms with Crippen LogP contribution < -0.4 is 0 Å². The molecule has 0 amide bonds. The van der Waals surface area contributed by atoms with Crippen LogP contribution in [0.3, 0.4) is 0 Å². The average molecular weight is 284 g/mol. The van der Waals surface area contributed by atoms with Crippen molar-refractivity contribution in [3.05, 3.63) is 0 Å². The van der Waals surface area contributed by atoms with Crippen molar-refractivity contribution < 1.29 is 19.0 Å². The number of hydrogen-bond acceptors (Lipinski definition) is 4. The first-order chi connectivity index (χ1) is 9.63. The standard InChI is InChI=1S/C16H28O4/c1-4-6-7-12(5-2)10-18-16(17)9-15-14(20-15)8-13-11(3)19-13/h11-15H,4-10H2,1-3H3. The smallest absolute Gasteiger partial charge is 0.308 e. The van der Waals surface area contributed by atoms with Gasteiger partial charge >= 0.3 is 5.97 Å². The van der Waals surface area contributed by atoms with E-state index < -0.39 is 0 Å². The molecule has 0 N–H and O–H groups in total. The maximum Gasteiger partial charge on any atom is 0.308 e. The van der Waals surface area contributed by atoms with Crippen LogP contribution in [0.15, 0.2) is 0 Å². The molecule has 2 aliphatic heterocycles. The van der Waals surface area contributed by atoms with E-state index in [-0.39, 0.29) is 18.2 Å². The molecule has 0 aromatic carbocycles. The van der Waals surface area contributed by atoms with E-state index >= 15 is 0 Å². The number of unbranched alkanes of at least 4 members (excludes halogenated alkanes) is 1. The van der Waals surface area contributed by atoms with Gasteiger partial charge in [0.1, 0.15) is 0 Å². The van der Waals surface area contributed by atoms with Crippen molar-refractivity contribution in [2.24, 2.45) is 5.92 Å². The fourth-order valence-corrected chi connectivity index (χ4v) is 2.60. The maximum absolute atomic E-state index is 11.8. The van der Waals surface area contributed by atoms with Crippen LogP contribution >= 0.6 is 0 Å². The molecule has 2 heterocycles. The highest BCUT2D eigenvalue weighted by molar-refractivity contribution is 5.70. The summed E-state index contributed by atoms with van der Waals surface area (Å²) < 4.78 is 16.2. The molecule has 0 saturated carbocycles. The summed E-state index contributed by atoms with van der Waals surface area (Å²) in [6, 6.07) is 0. The molecule has 0 spiro atoms.